The van der Waals surface area contributed by atoms with Crippen molar-refractivity contribution in [2.45, 2.75) is 45.0 Å². The predicted molar refractivity (Wildman–Crippen MR) is 116 cm³/mol. The zero-order valence-corrected chi connectivity index (χ0v) is 17.8. The third-order valence-electron chi connectivity index (χ3n) is 4.41. The SMILES string of the molecule is CCn1c(COc2ccccc2)nnc1SCC(=O)Nc1ccc(C(C)C)cc1. The van der Waals surface area contributed by atoms with E-state index in [4.69, 9.17) is 4.74 Å². The highest BCUT2D eigenvalue weighted by molar-refractivity contribution is 7.99. The van der Waals surface area contributed by atoms with E-state index in [1.165, 1.54) is 17.3 Å². The molecule has 0 fully saturated rings. The molecule has 1 N–H and O–H groups in total. The number of nitrogens with zero attached hydrogens (tertiary/aromatic N) is 3. The lowest BCUT2D eigenvalue weighted by molar-refractivity contribution is -0.113. The second-order valence-corrected chi connectivity index (χ2v) is 7.80. The first-order valence-electron chi connectivity index (χ1n) is 9.69. The van der Waals surface area contributed by atoms with E-state index in [1.54, 1.807) is 0 Å². The molecule has 0 atom stereocenters. The molecule has 2 aromatic carbocycles. The summed E-state index contributed by atoms with van der Waals surface area (Å²) in [4.78, 5) is 12.3. The summed E-state index contributed by atoms with van der Waals surface area (Å²) in [5, 5.41) is 12.1. The van der Waals surface area contributed by atoms with Gasteiger partial charge in [-0.25, -0.2) is 0 Å². The molecule has 7 heteroatoms. The second-order valence-electron chi connectivity index (χ2n) is 6.86. The van der Waals surface area contributed by atoms with Crippen LogP contribution < -0.4 is 10.1 Å². The second kappa shape index (κ2) is 10.1. The zero-order valence-electron chi connectivity index (χ0n) is 17.0. The third-order valence-corrected chi connectivity index (χ3v) is 5.38. The maximum atomic E-state index is 12.3. The highest BCUT2D eigenvalue weighted by atomic mass is 32.2. The Morgan fingerprint density at radius 2 is 1.83 bits per heavy atom. The predicted octanol–water partition coefficient (Wildman–Crippen LogP) is 4.73. The lowest BCUT2D eigenvalue weighted by Crippen LogP contribution is -2.15. The van der Waals surface area contributed by atoms with Crippen LogP contribution in [0.5, 0.6) is 5.75 Å². The van der Waals surface area contributed by atoms with E-state index in [0.29, 0.717) is 24.2 Å². The summed E-state index contributed by atoms with van der Waals surface area (Å²) < 4.78 is 7.74. The van der Waals surface area contributed by atoms with E-state index in [2.05, 4.69) is 29.4 Å². The van der Waals surface area contributed by atoms with Crippen LogP contribution in [0.15, 0.2) is 59.8 Å². The first-order chi connectivity index (χ1) is 14.1. The smallest absolute Gasteiger partial charge is 0.234 e. The minimum absolute atomic E-state index is 0.0694. The van der Waals surface area contributed by atoms with Crippen LogP contribution in [-0.4, -0.2) is 26.4 Å². The molecule has 1 aromatic heterocycles. The number of benzene rings is 2. The van der Waals surface area contributed by atoms with Gasteiger partial charge < -0.3 is 14.6 Å². The number of thioether (sulfide) groups is 1. The highest BCUT2D eigenvalue weighted by Gasteiger charge is 2.14. The van der Waals surface area contributed by atoms with E-state index in [9.17, 15) is 4.79 Å². The van der Waals surface area contributed by atoms with Crippen LogP contribution in [0.25, 0.3) is 0 Å². The standard InChI is InChI=1S/C22H26N4O2S/c1-4-26-20(14-28-19-8-6-5-7-9-19)24-25-22(26)29-15-21(27)23-18-12-10-17(11-13-18)16(2)3/h5-13,16H,4,14-15H2,1-3H3,(H,23,27). The largest absolute Gasteiger partial charge is 0.486 e. The Labute approximate surface area is 175 Å². The average molecular weight is 411 g/mol. The van der Waals surface area contributed by atoms with Crippen molar-refractivity contribution >= 4 is 23.4 Å². The number of anilines is 1. The molecule has 6 nitrogen and oxygen atoms in total. The van der Waals surface area contributed by atoms with Crippen LogP contribution in [0.2, 0.25) is 0 Å². The molecule has 0 saturated carbocycles. The number of carbonyl (C=O) groups is 1. The number of hydrogen-bond donors (Lipinski definition) is 1. The molecule has 0 saturated heterocycles. The fraction of sp³-hybridized carbons (Fsp3) is 0.318. The van der Waals surface area contributed by atoms with Crippen LogP contribution in [0.3, 0.4) is 0 Å². The number of ether oxygens (including phenoxy) is 1. The minimum atomic E-state index is -0.0694. The van der Waals surface area contributed by atoms with Crippen molar-refractivity contribution in [1.29, 1.82) is 0 Å². The van der Waals surface area contributed by atoms with Gasteiger partial charge in [-0.05, 0) is 42.7 Å². The Morgan fingerprint density at radius 3 is 2.48 bits per heavy atom. The molecular formula is C22H26N4O2S. The molecule has 0 aliphatic rings. The van der Waals surface area contributed by atoms with Crippen LogP contribution >= 0.6 is 11.8 Å². The van der Waals surface area contributed by atoms with Crippen molar-refractivity contribution in [3.05, 3.63) is 66.0 Å². The molecule has 3 aromatic rings. The van der Waals surface area contributed by atoms with E-state index >= 15 is 0 Å². The van der Waals surface area contributed by atoms with Gasteiger partial charge in [0.25, 0.3) is 0 Å². The van der Waals surface area contributed by atoms with Gasteiger partial charge in [-0.2, -0.15) is 0 Å². The number of para-hydroxylation sites is 1. The molecule has 1 amide bonds. The van der Waals surface area contributed by atoms with Gasteiger partial charge in [0.1, 0.15) is 12.4 Å². The molecule has 29 heavy (non-hydrogen) atoms. The lowest BCUT2D eigenvalue weighted by Gasteiger charge is -2.10. The molecule has 0 radical (unpaired) electrons. The maximum Gasteiger partial charge on any atom is 0.234 e. The molecule has 0 aliphatic heterocycles. The molecular weight excluding hydrogens is 384 g/mol. The molecule has 3 rings (SSSR count). The van der Waals surface area contributed by atoms with Crippen molar-refractivity contribution < 1.29 is 9.53 Å². The summed E-state index contributed by atoms with van der Waals surface area (Å²) in [6.07, 6.45) is 0. The van der Waals surface area contributed by atoms with Gasteiger partial charge in [-0.3, -0.25) is 4.79 Å². The van der Waals surface area contributed by atoms with Crippen LogP contribution in [0.4, 0.5) is 5.69 Å². The number of nitrogens with one attached hydrogen (secondary N) is 1. The fourth-order valence-electron chi connectivity index (χ4n) is 2.79. The Hall–Kier alpha value is -2.80. The first kappa shape index (κ1) is 20.9. The minimum Gasteiger partial charge on any atom is -0.486 e. The van der Waals surface area contributed by atoms with Gasteiger partial charge in [-0.1, -0.05) is 55.9 Å². The Kier molecular flexibility index (Phi) is 7.30. The van der Waals surface area contributed by atoms with Crippen molar-refractivity contribution in [1.82, 2.24) is 14.8 Å². The first-order valence-corrected chi connectivity index (χ1v) is 10.7. The van der Waals surface area contributed by atoms with Crippen LogP contribution in [0.1, 0.15) is 38.1 Å². The van der Waals surface area contributed by atoms with Crippen molar-refractivity contribution in [2.24, 2.45) is 0 Å². The summed E-state index contributed by atoms with van der Waals surface area (Å²) in [7, 11) is 0. The molecule has 0 bridgehead atoms. The summed E-state index contributed by atoms with van der Waals surface area (Å²) in [6, 6.07) is 17.6. The van der Waals surface area contributed by atoms with Gasteiger partial charge in [0.2, 0.25) is 5.91 Å². The summed E-state index contributed by atoms with van der Waals surface area (Å²) >= 11 is 1.37. The fourth-order valence-corrected chi connectivity index (χ4v) is 3.61. The molecule has 0 spiro atoms. The molecule has 0 unspecified atom stereocenters. The summed E-state index contributed by atoms with van der Waals surface area (Å²) in [5.41, 5.74) is 2.05. The van der Waals surface area contributed by atoms with Crippen molar-refractivity contribution in [3.8, 4) is 5.75 Å². The quantitative estimate of drug-likeness (QED) is 0.517. The average Bonchev–Trinajstić information content (AvgIpc) is 3.13. The van der Waals surface area contributed by atoms with E-state index < -0.39 is 0 Å². The lowest BCUT2D eigenvalue weighted by atomic mass is 10.0. The summed E-state index contributed by atoms with van der Waals surface area (Å²) in [6.45, 7) is 7.36. The van der Waals surface area contributed by atoms with Gasteiger partial charge >= 0.3 is 0 Å². The van der Waals surface area contributed by atoms with Crippen molar-refractivity contribution in [3.63, 3.8) is 0 Å². The van der Waals surface area contributed by atoms with Gasteiger partial charge in [0, 0.05) is 12.2 Å². The van der Waals surface area contributed by atoms with Crippen molar-refractivity contribution in [2.75, 3.05) is 11.1 Å². The van der Waals surface area contributed by atoms with E-state index in [1.807, 2.05) is 66.1 Å². The molecule has 152 valence electrons. The van der Waals surface area contributed by atoms with Gasteiger partial charge in [0.15, 0.2) is 11.0 Å². The zero-order chi connectivity index (χ0) is 20.6. The number of aromatic nitrogens is 3. The van der Waals surface area contributed by atoms with E-state index in [0.717, 1.165) is 17.3 Å². The van der Waals surface area contributed by atoms with E-state index in [-0.39, 0.29) is 11.7 Å². The number of rotatable bonds is 9. The Bertz CT molecular complexity index is 924. The Morgan fingerprint density at radius 1 is 1.10 bits per heavy atom. The van der Waals surface area contributed by atoms with Crippen LogP contribution in [0, 0.1) is 0 Å². The normalized spacial score (nSPS) is 10.9. The molecule has 0 aliphatic carbocycles. The maximum absolute atomic E-state index is 12.3. The number of amides is 1. The third kappa shape index (κ3) is 5.84. The highest BCUT2D eigenvalue weighted by Crippen LogP contribution is 2.20. The van der Waals surface area contributed by atoms with Gasteiger partial charge in [-0.15, -0.1) is 10.2 Å². The number of hydrogen-bond acceptors (Lipinski definition) is 5. The Balaban J connectivity index is 1.54. The van der Waals surface area contributed by atoms with Crippen LogP contribution in [-0.2, 0) is 17.9 Å². The summed E-state index contributed by atoms with van der Waals surface area (Å²) in [5.74, 6) is 2.19. The molecule has 1 heterocycles. The topological polar surface area (TPSA) is 69.0 Å². The number of carbonyl (C=O) groups excluding carboxylic acids is 1. The van der Waals surface area contributed by atoms with Gasteiger partial charge in [0.05, 0.1) is 5.75 Å². The monoisotopic (exact) mass is 410 g/mol.